The van der Waals surface area contributed by atoms with Gasteiger partial charge in [-0.3, -0.25) is 0 Å². The highest BCUT2D eigenvalue weighted by molar-refractivity contribution is 5.51. The van der Waals surface area contributed by atoms with Crippen LogP contribution in [0.15, 0.2) is 18.2 Å². The standard InChI is InChI=1S/C15H22F2N2/c1-4-15(5-2)10-19(11(3)9-18-15)14-12(16)7-6-8-13(14)17/h6-8,11,18H,4-5,9-10H2,1-3H3. The average molecular weight is 268 g/mol. The van der Waals surface area contributed by atoms with Gasteiger partial charge < -0.3 is 10.2 Å². The molecule has 1 fully saturated rings. The lowest BCUT2D eigenvalue weighted by Gasteiger charge is -2.47. The van der Waals surface area contributed by atoms with Crippen molar-refractivity contribution < 1.29 is 8.78 Å². The van der Waals surface area contributed by atoms with Crippen LogP contribution in [0.1, 0.15) is 33.6 Å². The summed E-state index contributed by atoms with van der Waals surface area (Å²) in [5.74, 6) is -0.954. The first-order valence-electron chi connectivity index (χ1n) is 6.98. The maximum Gasteiger partial charge on any atom is 0.149 e. The summed E-state index contributed by atoms with van der Waals surface area (Å²) in [6, 6.07) is 4.14. The molecule has 1 saturated heterocycles. The molecule has 0 aliphatic carbocycles. The van der Waals surface area contributed by atoms with Gasteiger partial charge in [0.25, 0.3) is 0 Å². The zero-order chi connectivity index (χ0) is 14.0. The zero-order valence-electron chi connectivity index (χ0n) is 11.8. The molecule has 0 saturated carbocycles. The molecule has 1 aliphatic rings. The van der Waals surface area contributed by atoms with E-state index in [1.54, 1.807) is 0 Å². The van der Waals surface area contributed by atoms with Crippen LogP contribution < -0.4 is 10.2 Å². The molecule has 0 amide bonds. The number of hydrogen-bond acceptors (Lipinski definition) is 2. The Balaban J connectivity index is 2.36. The second-order valence-corrected chi connectivity index (χ2v) is 5.42. The first-order valence-corrected chi connectivity index (χ1v) is 6.98. The van der Waals surface area contributed by atoms with Crippen LogP contribution in [0.4, 0.5) is 14.5 Å². The van der Waals surface area contributed by atoms with Gasteiger partial charge in [0.2, 0.25) is 0 Å². The molecule has 4 heteroatoms. The van der Waals surface area contributed by atoms with E-state index in [9.17, 15) is 8.78 Å². The Morgan fingerprint density at radius 2 is 1.84 bits per heavy atom. The molecule has 19 heavy (non-hydrogen) atoms. The van der Waals surface area contributed by atoms with E-state index in [0.29, 0.717) is 6.54 Å². The lowest BCUT2D eigenvalue weighted by Crippen LogP contribution is -2.63. The number of benzene rings is 1. The van der Waals surface area contributed by atoms with E-state index in [1.165, 1.54) is 18.2 Å². The smallest absolute Gasteiger partial charge is 0.149 e. The molecular formula is C15H22F2N2. The minimum Gasteiger partial charge on any atom is -0.361 e. The third kappa shape index (κ3) is 2.59. The Bertz CT molecular complexity index is 424. The van der Waals surface area contributed by atoms with Crippen molar-refractivity contribution in [2.45, 2.75) is 45.2 Å². The van der Waals surface area contributed by atoms with Gasteiger partial charge >= 0.3 is 0 Å². The summed E-state index contributed by atoms with van der Waals surface area (Å²) in [5, 5.41) is 3.53. The van der Waals surface area contributed by atoms with E-state index in [2.05, 4.69) is 19.2 Å². The van der Waals surface area contributed by atoms with Gasteiger partial charge in [-0.2, -0.15) is 0 Å². The number of anilines is 1. The Labute approximate surface area is 113 Å². The van der Waals surface area contributed by atoms with Crippen molar-refractivity contribution in [3.05, 3.63) is 29.8 Å². The number of halogens is 2. The number of hydrogen-bond donors (Lipinski definition) is 1. The van der Waals surface area contributed by atoms with Crippen molar-refractivity contribution in [3.63, 3.8) is 0 Å². The molecule has 0 aromatic heterocycles. The molecule has 1 heterocycles. The SMILES string of the molecule is CCC1(CC)CN(c2c(F)cccc2F)C(C)CN1. The van der Waals surface area contributed by atoms with Crippen LogP contribution >= 0.6 is 0 Å². The summed E-state index contributed by atoms with van der Waals surface area (Å²) < 4.78 is 27.9. The van der Waals surface area contributed by atoms with E-state index in [1.807, 2.05) is 11.8 Å². The van der Waals surface area contributed by atoms with Gasteiger partial charge in [0.05, 0.1) is 0 Å². The molecule has 1 atom stereocenters. The number of rotatable bonds is 3. The first-order chi connectivity index (χ1) is 9.03. The number of piperazine rings is 1. The van der Waals surface area contributed by atoms with Gasteiger partial charge in [-0.15, -0.1) is 0 Å². The lowest BCUT2D eigenvalue weighted by molar-refractivity contribution is 0.251. The molecule has 2 rings (SSSR count). The molecule has 1 aromatic carbocycles. The van der Waals surface area contributed by atoms with Crippen molar-refractivity contribution in [1.29, 1.82) is 0 Å². The summed E-state index contributed by atoms with van der Waals surface area (Å²) in [7, 11) is 0. The third-order valence-corrected chi connectivity index (χ3v) is 4.36. The van der Waals surface area contributed by atoms with Gasteiger partial charge in [0, 0.05) is 24.7 Å². The molecule has 1 aliphatic heterocycles. The van der Waals surface area contributed by atoms with Gasteiger partial charge in [-0.1, -0.05) is 19.9 Å². The van der Waals surface area contributed by atoms with Crippen molar-refractivity contribution in [2.75, 3.05) is 18.0 Å². The molecule has 1 N–H and O–H groups in total. The summed E-state index contributed by atoms with van der Waals surface area (Å²) in [6.07, 6.45) is 1.89. The first kappa shape index (κ1) is 14.3. The lowest BCUT2D eigenvalue weighted by atomic mass is 9.88. The zero-order valence-corrected chi connectivity index (χ0v) is 11.8. The minimum atomic E-state index is -0.477. The van der Waals surface area contributed by atoms with Crippen LogP contribution in [-0.4, -0.2) is 24.7 Å². The van der Waals surface area contributed by atoms with Crippen molar-refractivity contribution >= 4 is 5.69 Å². The highest BCUT2D eigenvalue weighted by atomic mass is 19.1. The Morgan fingerprint density at radius 3 is 2.37 bits per heavy atom. The molecule has 1 unspecified atom stereocenters. The number of nitrogens with zero attached hydrogens (tertiary/aromatic N) is 1. The molecule has 106 valence electrons. The van der Waals surface area contributed by atoms with Crippen molar-refractivity contribution in [2.24, 2.45) is 0 Å². The predicted octanol–water partition coefficient (Wildman–Crippen LogP) is 3.32. The second-order valence-electron chi connectivity index (χ2n) is 5.42. The van der Waals surface area contributed by atoms with Crippen molar-refractivity contribution in [3.8, 4) is 0 Å². The fraction of sp³-hybridized carbons (Fsp3) is 0.600. The number of para-hydroxylation sites is 1. The van der Waals surface area contributed by atoms with Crippen LogP contribution in [0, 0.1) is 11.6 Å². The van der Waals surface area contributed by atoms with Gasteiger partial charge in [-0.05, 0) is 31.9 Å². The van der Waals surface area contributed by atoms with Gasteiger partial charge in [-0.25, -0.2) is 8.78 Å². The summed E-state index contributed by atoms with van der Waals surface area (Å²) >= 11 is 0. The van der Waals surface area contributed by atoms with Crippen LogP contribution in [0.25, 0.3) is 0 Å². The minimum absolute atomic E-state index is 0.0543. The fourth-order valence-corrected chi connectivity index (χ4v) is 2.80. The quantitative estimate of drug-likeness (QED) is 0.904. The second kappa shape index (κ2) is 5.45. The predicted molar refractivity (Wildman–Crippen MR) is 74.5 cm³/mol. The topological polar surface area (TPSA) is 15.3 Å². The van der Waals surface area contributed by atoms with E-state index in [0.717, 1.165) is 19.4 Å². The Kier molecular flexibility index (Phi) is 4.09. The van der Waals surface area contributed by atoms with Crippen LogP contribution in [-0.2, 0) is 0 Å². The van der Waals surface area contributed by atoms with Gasteiger partial charge in [0.1, 0.15) is 17.3 Å². The van der Waals surface area contributed by atoms with Crippen LogP contribution in [0.5, 0.6) is 0 Å². The highest BCUT2D eigenvalue weighted by Crippen LogP contribution is 2.31. The highest BCUT2D eigenvalue weighted by Gasteiger charge is 2.36. The van der Waals surface area contributed by atoms with Crippen LogP contribution in [0.2, 0.25) is 0 Å². The largest absolute Gasteiger partial charge is 0.361 e. The normalized spacial score (nSPS) is 22.6. The molecule has 0 spiro atoms. The summed E-state index contributed by atoms with van der Waals surface area (Å²) in [6.45, 7) is 7.60. The molecular weight excluding hydrogens is 246 g/mol. The Hall–Kier alpha value is -1.16. The maximum atomic E-state index is 14.0. The third-order valence-electron chi connectivity index (χ3n) is 4.36. The van der Waals surface area contributed by atoms with Crippen molar-refractivity contribution in [1.82, 2.24) is 5.32 Å². The summed E-state index contributed by atoms with van der Waals surface area (Å²) in [4.78, 5) is 1.87. The monoisotopic (exact) mass is 268 g/mol. The molecule has 0 radical (unpaired) electrons. The number of nitrogens with one attached hydrogen (secondary N) is 1. The van der Waals surface area contributed by atoms with E-state index < -0.39 is 11.6 Å². The summed E-state index contributed by atoms with van der Waals surface area (Å²) in [5.41, 5.74) is 0.0593. The average Bonchev–Trinajstić information content (AvgIpc) is 2.41. The molecule has 1 aromatic rings. The molecule has 0 bridgehead atoms. The van der Waals surface area contributed by atoms with E-state index in [-0.39, 0.29) is 17.3 Å². The maximum absolute atomic E-state index is 14.0. The fourth-order valence-electron chi connectivity index (χ4n) is 2.80. The van der Waals surface area contributed by atoms with E-state index in [4.69, 9.17) is 0 Å². The molecule has 2 nitrogen and oxygen atoms in total. The Morgan fingerprint density at radius 1 is 1.26 bits per heavy atom. The van der Waals surface area contributed by atoms with E-state index >= 15 is 0 Å². The van der Waals surface area contributed by atoms with Crippen LogP contribution in [0.3, 0.4) is 0 Å². The van der Waals surface area contributed by atoms with Gasteiger partial charge in [0.15, 0.2) is 0 Å².